The molecule has 0 atom stereocenters. The Bertz CT molecular complexity index is 509. The van der Waals surface area contributed by atoms with E-state index in [9.17, 15) is 9.18 Å². The van der Waals surface area contributed by atoms with Crippen LogP contribution in [0.4, 0.5) is 4.39 Å². The van der Waals surface area contributed by atoms with E-state index >= 15 is 0 Å². The van der Waals surface area contributed by atoms with Crippen molar-refractivity contribution in [3.8, 4) is 0 Å². The van der Waals surface area contributed by atoms with E-state index in [-0.39, 0.29) is 5.82 Å². The molecular weight excluding hydrogens is 219 g/mol. The van der Waals surface area contributed by atoms with Gasteiger partial charge in [0.15, 0.2) is 5.82 Å². The number of hydrogen-bond acceptors (Lipinski definition) is 4. The fourth-order valence-electron chi connectivity index (χ4n) is 1.03. The van der Waals surface area contributed by atoms with Gasteiger partial charge >= 0.3 is 5.76 Å². The van der Waals surface area contributed by atoms with Crippen LogP contribution in [0.25, 0.3) is 0 Å². The molecule has 0 bridgehead atoms. The first-order valence-electron chi connectivity index (χ1n) is 4.17. The van der Waals surface area contributed by atoms with Gasteiger partial charge in [0.2, 0.25) is 0 Å². The van der Waals surface area contributed by atoms with Gasteiger partial charge in [-0.05, 0) is 18.2 Å². The maximum Gasteiger partial charge on any atom is 0.438 e. The largest absolute Gasteiger partial charge is 0.438 e. The van der Waals surface area contributed by atoms with Crippen molar-refractivity contribution in [3.63, 3.8) is 0 Å². The number of thioether (sulfide) groups is 1. The molecule has 1 heterocycles. The highest BCUT2D eigenvalue weighted by molar-refractivity contribution is 7.98. The van der Waals surface area contributed by atoms with Gasteiger partial charge in [-0.1, -0.05) is 11.2 Å². The molecule has 2 rings (SSSR count). The number of hydrogen-bond donors (Lipinski definition) is 1. The Hall–Kier alpha value is -1.56. The zero-order chi connectivity index (χ0) is 10.7. The molecule has 0 aliphatic heterocycles. The van der Waals surface area contributed by atoms with Crippen molar-refractivity contribution < 1.29 is 8.91 Å². The maximum absolute atomic E-state index is 12.8. The minimum Gasteiger partial charge on any atom is -0.296 e. The highest BCUT2D eigenvalue weighted by Crippen LogP contribution is 2.21. The van der Waals surface area contributed by atoms with Gasteiger partial charge in [-0.25, -0.2) is 9.18 Å². The number of nitrogens with one attached hydrogen (secondary N) is 1. The molecule has 4 nitrogen and oxygen atoms in total. The summed E-state index contributed by atoms with van der Waals surface area (Å²) in [5, 5.41) is 3.50. The predicted octanol–water partition coefficient (Wildman–Crippen LogP) is 1.79. The maximum atomic E-state index is 12.8. The molecule has 0 saturated carbocycles. The summed E-state index contributed by atoms with van der Waals surface area (Å²) in [6.45, 7) is 0. The lowest BCUT2D eigenvalue weighted by atomic mass is 10.4. The number of benzene rings is 1. The third-order valence-electron chi connectivity index (χ3n) is 1.66. The third kappa shape index (κ3) is 2.69. The van der Waals surface area contributed by atoms with Gasteiger partial charge in [0.05, 0.1) is 5.75 Å². The van der Waals surface area contributed by atoms with E-state index in [2.05, 4.69) is 14.7 Å². The molecule has 0 aliphatic rings. The van der Waals surface area contributed by atoms with Crippen molar-refractivity contribution in [2.75, 3.05) is 0 Å². The van der Waals surface area contributed by atoms with E-state index in [1.54, 1.807) is 12.1 Å². The zero-order valence-electron chi connectivity index (χ0n) is 7.57. The molecular formula is C9H7FN2O2S. The first-order chi connectivity index (χ1) is 7.24. The Morgan fingerprint density at radius 3 is 3.07 bits per heavy atom. The fraction of sp³-hybridized carbons (Fsp3) is 0.111. The zero-order valence-corrected chi connectivity index (χ0v) is 8.38. The molecule has 1 N–H and O–H groups in total. The minimum atomic E-state index is -0.579. The smallest absolute Gasteiger partial charge is 0.296 e. The van der Waals surface area contributed by atoms with E-state index in [0.29, 0.717) is 11.6 Å². The third-order valence-corrected chi connectivity index (χ3v) is 2.66. The van der Waals surface area contributed by atoms with Crippen molar-refractivity contribution in [1.82, 2.24) is 10.1 Å². The van der Waals surface area contributed by atoms with E-state index in [1.165, 1.54) is 23.9 Å². The number of aromatic amines is 1. The average Bonchev–Trinajstić information content (AvgIpc) is 2.62. The standard InChI is InChI=1S/C9H7FN2O2S/c10-6-2-1-3-7(4-6)15-5-8-11-9(13)14-12-8/h1-4H,5H2,(H,11,12,13). The first kappa shape index (κ1) is 9.97. The molecule has 0 unspecified atom stereocenters. The van der Waals surface area contributed by atoms with Gasteiger partial charge in [0, 0.05) is 4.90 Å². The number of nitrogens with zero attached hydrogens (tertiary/aromatic N) is 1. The molecule has 2 aromatic rings. The summed E-state index contributed by atoms with van der Waals surface area (Å²) in [6.07, 6.45) is 0. The lowest BCUT2D eigenvalue weighted by Crippen LogP contribution is -1.96. The van der Waals surface area contributed by atoms with Crippen molar-refractivity contribution in [2.24, 2.45) is 0 Å². The molecule has 15 heavy (non-hydrogen) atoms. The van der Waals surface area contributed by atoms with Crippen molar-refractivity contribution >= 4 is 11.8 Å². The summed E-state index contributed by atoms with van der Waals surface area (Å²) in [7, 11) is 0. The molecule has 0 radical (unpaired) electrons. The predicted molar refractivity (Wildman–Crippen MR) is 53.1 cm³/mol. The minimum absolute atomic E-state index is 0.284. The van der Waals surface area contributed by atoms with E-state index < -0.39 is 5.76 Å². The summed E-state index contributed by atoms with van der Waals surface area (Å²) in [5.41, 5.74) is 0. The summed E-state index contributed by atoms with van der Waals surface area (Å²) in [5.74, 6) is 0.0163. The normalized spacial score (nSPS) is 10.5. The lowest BCUT2D eigenvalue weighted by molar-refractivity contribution is 0.383. The number of aromatic nitrogens is 2. The van der Waals surface area contributed by atoms with Crippen LogP contribution in [0.15, 0.2) is 38.5 Å². The van der Waals surface area contributed by atoms with Crippen LogP contribution >= 0.6 is 11.8 Å². The number of H-pyrrole nitrogens is 1. The second kappa shape index (κ2) is 4.31. The van der Waals surface area contributed by atoms with Crippen LogP contribution in [0.5, 0.6) is 0 Å². The van der Waals surface area contributed by atoms with Crippen LogP contribution in [-0.2, 0) is 5.75 Å². The quantitative estimate of drug-likeness (QED) is 0.810. The first-order valence-corrected chi connectivity index (χ1v) is 5.16. The van der Waals surface area contributed by atoms with Crippen LogP contribution in [0, 0.1) is 5.82 Å². The molecule has 1 aromatic carbocycles. The van der Waals surface area contributed by atoms with Gasteiger partial charge < -0.3 is 0 Å². The van der Waals surface area contributed by atoms with Gasteiger partial charge in [-0.15, -0.1) is 11.8 Å². The Kier molecular flexibility index (Phi) is 2.86. The van der Waals surface area contributed by atoms with Crippen LogP contribution in [0.3, 0.4) is 0 Å². The second-order valence-corrected chi connectivity index (χ2v) is 3.84. The Balaban J connectivity index is 2.02. The number of rotatable bonds is 3. The van der Waals surface area contributed by atoms with Crippen LogP contribution in [0.1, 0.15) is 5.82 Å². The van der Waals surface area contributed by atoms with Crippen molar-refractivity contribution in [3.05, 3.63) is 46.5 Å². The monoisotopic (exact) mass is 226 g/mol. The second-order valence-electron chi connectivity index (χ2n) is 2.79. The van der Waals surface area contributed by atoms with Gasteiger partial charge in [-0.3, -0.25) is 9.51 Å². The SMILES string of the molecule is O=c1[nH]c(CSc2cccc(F)c2)no1. The number of halogens is 1. The molecule has 0 amide bonds. The topological polar surface area (TPSA) is 58.9 Å². The summed E-state index contributed by atoms with van der Waals surface area (Å²) in [6, 6.07) is 6.21. The molecule has 0 saturated heterocycles. The lowest BCUT2D eigenvalue weighted by Gasteiger charge is -1.97. The molecule has 78 valence electrons. The van der Waals surface area contributed by atoms with Gasteiger partial charge in [-0.2, -0.15) is 0 Å². The van der Waals surface area contributed by atoms with E-state index in [4.69, 9.17) is 0 Å². The Morgan fingerprint density at radius 1 is 1.53 bits per heavy atom. The summed E-state index contributed by atoms with van der Waals surface area (Å²) >= 11 is 1.37. The van der Waals surface area contributed by atoms with Gasteiger partial charge in [0.25, 0.3) is 0 Å². The van der Waals surface area contributed by atoms with Crippen LogP contribution in [0.2, 0.25) is 0 Å². The van der Waals surface area contributed by atoms with Crippen LogP contribution in [-0.4, -0.2) is 10.1 Å². The average molecular weight is 226 g/mol. The van der Waals surface area contributed by atoms with Crippen LogP contribution < -0.4 is 5.76 Å². The highest BCUT2D eigenvalue weighted by atomic mass is 32.2. The highest BCUT2D eigenvalue weighted by Gasteiger charge is 2.02. The molecule has 0 fully saturated rings. The van der Waals surface area contributed by atoms with Gasteiger partial charge in [0.1, 0.15) is 5.82 Å². The Morgan fingerprint density at radius 2 is 2.40 bits per heavy atom. The molecule has 6 heteroatoms. The fourth-order valence-corrected chi connectivity index (χ4v) is 1.83. The molecule has 0 spiro atoms. The van der Waals surface area contributed by atoms with E-state index in [1.807, 2.05) is 0 Å². The Labute approximate surface area is 88.5 Å². The summed E-state index contributed by atoms with van der Waals surface area (Å²) < 4.78 is 17.1. The van der Waals surface area contributed by atoms with Crippen molar-refractivity contribution in [2.45, 2.75) is 10.6 Å². The molecule has 0 aliphatic carbocycles. The summed E-state index contributed by atoms with van der Waals surface area (Å²) in [4.78, 5) is 13.8. The van der Waals surface area contributed by atoms with Crippen molar-refractivity contribution in [1.29, 1.82) is 0 Å². The molecule has 1 aromatic heterocycles. The van der Waals surface area contributed by atoms with E-state index in [0.717, 1.165) is 4.90 Å².